The maximum atomic E-state index is 11.2. The number of aryl methyl sites for hydroxylation is 1. The number of rotatable bonds is 11. The maximum Gasteiger partial charge on any atom is 0.323 e. The van der Waals surface area contributed by atoms with Gasteiger partial charge in [0.15, 0.2) is 11.5 Å². The number of aromatic nitrogens is 2. The van der Waals surface area contributed by atoms with Gasteiger partial charge in [0.1, 0.15) is 17.9 Å². The van der Waals surface area contributed by atoms with Crippen molar-refractivity contribution in [2.75, 3.05) is 18.5 Å². The minimum absolute atomic E-state index is 0.0777. The van der Waals surface area contributed by atoms with Crippen molar-refractivity contribution in [1.29, 1.82) is 0 Å². The van der Waals surface area contributed by atoms with Crippen molar-refractivity contribution >= 4 is 11.7 Å². The van der Waals surface area contributed by atoms with E-state index in [2.05, 4.69) is 73.7 Å². The molecule has 1 N–H and O–H groups in total. The third kappa shape index (κ3) is 9.45. The zero-order valence-electron chi connectivity index (χ0n) is 36.0. The largest absolute Gasteiger partial charge is 0.480 e. The first kappa shape index (κ1) is 41.8. The van der Waals surface area contributed by atoms with Crippen LogP contribution < -0.4 is 4.90 Å². The Hall–Kier alpha value is -8.55. The molecule has 10 aromatic rings. The van der Waals surface area contributed by atoms with Crippen LogP contribution in [-0.2, 0) is 4.79 Å². The van der Waals surface area contributed by atoms with Gasteiger partial charge in [0.25, 0.3) is 0 Å². The van der Waals surface area contributed by atoms with Gasteiger partial charge in [-0.3, -0.25) is 4.79 Å². The van der Waals surface area contributed by atoms with E-state index in [0.717, 1.165) is 84.2 Å². The molecule has 0 aliphatic rings. The fourth-order valence-corrected chi connectivity index (χ4v) is 7.88. The molecule has 0 aliphatic heterocycles. The molecule has 0 saturated carbocycles. The Morgan fingerprint density at radius 1 is 0.446 bits per heavy atom. The zero-order chi connectivity index (χ0) is 44.5. The van der Waals surface area contributed by atoms with E-state index < -0.39 is 5.97 Å². The predicted octanol–water partition coefficient (Wildman–Crippen LogP) is 14.5. The molecule has 2 aromatic heterocycles. The van der Waals surface area contributed by atoms with Crippen LogP contribution in [0.5, 0.6) is 0 Å². The molecule has 0 radical (unpaired) electrons. The molecule has 7 nitrogen and oxygen atoms in total. The molecule has 0 aliphatic carbocycles. The van der Waals surface area contributed by atoms with E-state index in [4.69, 9.17) is 18.8 Å². The molecule has 0 fully saturated rings. The number of likely N-dealkylation sites (N-methyl/N-ethyl adjacent to an activating group) is 1. The molecule has 0 saturated heterocycles. The lowest BCUT2D eigenvalue weighted by Crippen LogP contribution is -2.24. The quantitative estimate of drug-likeness (QED) is 0.139. The lowest BCUT2D eigenvalue weighted by molar-refractivity contribution is -0.135. The van der Waals surface area contributed by atoms with Crippen LogP contribution in [0.2, 0.25) is 0 Å². The normalized spacial score (nSPS) is 10.8. The zero-order valence-corrected chi connectivity index (χ0v) is 36.0. The van der Waals surface area contributed by atoms with Gasteiger partial charge in [0, 0.05) is 46.1 Å². The van der Waals surface area contributed by atoms with Gasteiger partial charge in [-0.15, -0.1) is 0 Å². The van der Waals surface area contributed by atoms with E-state index in [1.54, 1.807) is 11.9 Å². The third-order valence-electron chi connectivity index (χ3n) is 11.0. The predicted molar refractivity (Wildman–Crippen MR) is 262 cm³/mol. The molecule has 0 spiro atoms. The summed E-state index contributed by atoms with van der Waals surface area (Å²) in [5.41, 5.74) is 13.7. The molecule has 0 atom stereocenters. The Kier molecular flexibility index (Phi) is 12.4. The second-order valence-corrected chi connectivity index (χ2v) is 15.6. The van der Waals surface area contributed by atoms with Crippen LogP contribution in [0.15, 0.2) is 227 Å². The summed E-state index contributed by atoms with van der Waals surface area (Å²) in [6.45, 7) is 2.03. The summed E-state index contributed by atoms with van der Waals surface area (Å²) in [7, 11) is 1.77. The number of benzene rings is 8. The van der Waals surface area contributed by atoms with E-state index in [9.17, 15) is 9.90 Å². The van der Waals surface area contributed by atoms with E-state index >= 15 is 0 Å². The summed E-state index contributed by atoms with van der Waals surface area (Å²) in [6.07, 6.45) is 0. The number of hydrogen-bond donors (Lipinski definition) is 1. The minimum Gasteiger partial charge on any atom is -0.480 e. The first-order chi connectivity index (χ1) is 31.9. The van der Waals surface area contributed by atoms with Gasteiger partial charge in [-0.2, -0.15) is 0 Å². The van der Waals surface area contributed by atoms with Crippen molar-refractivity contribution in [2.45, 2.75) is 6.92 Å². The fraction of sp³-hybridized carbons (Fsp3) is 0.0517. The Balaban J connectivity index is 0.000000166. The van der Waals surface area contributed by atoms with Crippen molar-refractivity contribution in [1.82, 2.24) is 9.97 Å². The molecule has 10 rings (SSSR count). The number of carboxylic acid groups (broad SMARTS) is 1. The molecular formula is C58H45N3O4. The second kappa shape index (κ2) is 19.2. The summed E-state index contributed by atoms with van der Waals surface area (Å²) >= 11 is 0. The maximum absolute atomic E-state index is 11.2. The Morgan fingerprint density at radius 3 is 1.25 bits per heavy atom. The van der Waals surface area contributed by atoms with Crippen LogP contribution in [0.4, 0.5) is 5.69 Å². The van der Waals surface area contributed by atoms with Crippen molar-refractivity contribution in [2.24, 2.45) is 0 Å². The first-order valence-corrected chi connectivity index (χ1v) is 21.4. The summed E-state index contributed by atoms with van der Waals surface area (Å²) in [6, 6.07) is 73.0. The van der Waals surface area contributed by atoms with Crippen molar-refractivity contribution in [3.05, 3.63) is 224 Å². The average Bonchev–Trinajstić information content (AvgIpc) is 4.02. The summed E-state index contributed by atoms with van der Waals surface area (Å²) in [5.74, 6) is 1.79. The van der Waals surface area contributed by atoms with Crippen molar-refractivity contribution in [3.63, 3.8) is 0 Å². The second-order valence-electron chi connectivity index (χ2n) is 15.6. The van der Waals surface area contributed by atoms with Crippen LogP contribution in [0, 0.1) is 6.92 Å². The van der Waals surface area contributed by atoms with Crippen LogP contribution in [0.25, 0.3) is 90.3 Å². The third-order valence-corrected chi connectivity index (χ3v) is 11.0. The molecule has 0 unspecified atom stereocenters. The molecule has 0 bridgehead atoms. The average molecular weight is 848 g/mol. The van der Waals surface area contributed by atoms with Gasteiger partial charge in [0.05, 0.1) is 0 Å². The molecule has 65 heavy (non-hydrogen) atoms. The Labute approximate surface area is 378 Å². The Bertz CT molecular complexity index is 3070. The van der Waals surface area contributed by atoms with Gasteiger partial charge in [-0.1, -0.05) is 200 Å². The molecule has 2 heterocycles. The summed E-state index contributed by atoms with van der Waals surface area (Å²) in [4.78, 5) is 22.8. The fourth-order valence-electron chi connectivity index (χ4n) is 7.88. The highest BCUT2D eigenvalue weighted by Gasteiger charge is 2.22. The van der Waals surface area contributed by atoms with Gasteiger partial charge in [0.2, 0.25) is 11.8 Å². The molecule has 8 aromatic carbocycles. The van der Waals surface area contributed by atoms with Gasteiger partial charge < -0.3 is 18.8 Å². The van der Waals surface area contributed by atoms with Crippen LogP contribution in [-0.4, -0.2) is 34.6 Å². The monoisotopic (exact) mass is 847 g/mol. The minimum atomic E-state index is -0.875. The lowest BCUT2D eigenvalue weighted by Gasteiger charge is -2.18. The SMILES string of the molecule is CN(CC(=O)O)c1cccc(-c2ccccc2-c2nc(-c3ccccc3)c(-c3ccccc3)o2)c1.Cc1cccc(-c2ccccc2-c2nc(-c3ccccc3)c(-c3ccccc3)o2)c1. The summed E-state index contributed by atoms with van der Waals surface area (Å²) < 4.78 is 12.9. The highest BCUT2D eigenvalue weighted by atomic mass is 16.4. The highest BCUT2D eigenvalue weighted by Crippen LogP contribution is 2.41. The number of aliphatic carboxylic acids is 1. The molecule has 0 amide bonds. The number of hydrogen-bond acceptors (Lipinski definition) is 6. The van der Waals surface area contributed by atoms with E-state index in [0.29, 0.717) is 11.8 Å². The van der Waals surface area contributed by atoms with E-state index in [1.807, 2.05) is 152 Å². The van der Waals surface area contributed by atoms with Crippen LogP contribution >= 0.6 is 0 Å². The van der Waals surface area contributed by atoms with Crippen LogP contribution in [0.1, 0.15) is 5.56 Å². The van der Waals surface area contributed by atoms with Gasteiger partial charge in [-0.25, -0.2) is 9.97 Å². The molecular weight excluding hydrogens is 803 g/mol. The van der Waals surface area contributed by atoms with E-state index in [-0.39, 0.29) is 6.54 Å². The smallest absolute Gasteiger partial charge is 0.323 e. The number of nitrogens with zero attached hydrogens (tertiary/aromatic N) is 3. The van der Waals surface area contributed by atoms with Gasteiger partial charge >= 0.3 is 5.97 Å². The lowest BCUT2D eigenvalue weighted by atomic mass is 9.98. The van der Waals surface area contributed by atoms with E-state index in [1.165, 1.54) is 5.56 Å². The number of carboxylic acids is 1. The Morgan fingerprint density at radius 2 is 0.815 bits per heavy atom. The molecule has 7 heteroatoms. The highest BCUT2D eigenvalue weighted by molar-refractivity contribution is 5.87. The standard InChI is InChI=1S/C30H24N2O3.C28H21NO/c1-32(20-27(33)34)24-16-10-15-23(19-24)25-17-8-9-18-26(25)30-31-28(21-11-4-2-5-12-21)29(35-30)22-13-6-3-7-14-22;1-20-11-10-16-23(19-20)24-17-8-9-18-25(24)28-29-26(21-12-4-2-5-13-21)27(30-28)22-14-6-3-7-15-22/h2-19H,20H2,1H3,(H,33,34);2-19H,1H3. The van der Waals surface area contributed by atoms with Crippen molar-refractivity contribution in [3.8, 4) is 90.3 Å². The first-order valence-electron chi connectivity index (χ1n) is 21.4. The topological polar surface area (TPSA) is 92.6 Å². The summed E-state index contributed by atoms with van der Waals surface area (Å²) in [5, 5.41) is 9.18. The number of oxazole rings is 2. The van der Waals surface area contributed by atoms with Crippen LogP contribution in [0.3, 0.4) is 0 Å². The number of carbonyl (C=O) groups is 1. The van der Waals surface area contributed by atoms with Crippen molar-refractivity contribution < 1.29 is 18.7 Å². The molecule has 316 valence electrons. The number of anilines is 1. The van der Waals surface area contributed by atoms with Gasteiger partial charge in [-0.05, 0) is 53.4 Å².